The first kappa shape index (κ1) is 19.5. The number of nitrogens with zero attached hydrogens (tertiary/aromatic N) is 1. The predicted molar refractivity (Wildman–Crippen MR) is 72.0 cm³/mol. The molecule has 0 unspecified atom stereocenters. The van der Waals surface area contributed by atoms with Gasteiger partial charge in [-0.2, -0.15) is 13.2 Å². The quantitative estimate of drug-likeness (QED) is 0.643. The lowest BCUT2D eigenvalue weighted by molar-refractivity contribution is -0.142. The van der Waals surface area contributed by atoms with Crippen LogP contribution in [0.25, 0.3) is 0 Å². The van der Waals surface area contributed by atoms with Crippen molar-refractivity contribution < 1.29 is 27.9 Å². The molecule has 0 rings (SSSR count). The summed E-state index contributed by atoms with van der Waals surface area (Å²) in [5.74, 6) is -0.844. The van der Waals surface area contributed by atoms with Crippen molar-refractivity contribution in [3.05, 3.63) is 0 Å². The van der Waals surface area contributed by atoms with Gasteiger partial charge in [-0.3, -0.25) is 4.79 Å². The number of carboxylic acid groups (broad SMARTS) is 1. The zero-order valence-electron chi connectivity index (χ0n) is 12.4. The van der Waals surface area contributed by atoms with Gasteiger partial charge < -0.3 is 15.3 Å². The van der Waals surface area contributed by atoms with Gasteiger partial charge in [0.25, 0.3) is 0 Å². The first-order valence-corrected chi connectivity index (χ1v) is 6.96. The van der Waals surface area contributed by atoms with Gasteiger partial charge in [0.2, 0.25) is 0 Å². The van der Waals surface area contributed by atoms with Gasteiger partial charge in [0.05, 0.1) is 0 Å². The van der Waals surface area contributed by atoms with Gasteiger partial charge in [0, 0.05) is 19.0 Å². The molecule has 21 heavy (non-hydrogen) atoms. The molecule has 124 valence electrons. The molecule has 0 aliphatic carbocycles. The molecule has 2 amide bonds. The highest BCUT2D eigenvalue weighted by Crippen LogP contribution is 2.18. The summed E-state index contributed by atoms with van der Waals surface area (Å²) in [6, 6.07) is -1.27. The molecule has 0 radical (unpaired) electrons. The Morgan fingerprint density at radius 2 is 1.71 bits per heavy atom. The fourth-order valence-corrected chi connectivity index (χ4v) is 1.73. The van der Waals surface area contributed by atoms with Crippen molar-refractivity contribution in [2.75, 3.05) is 13.1 Å². The number of urea groups is 1. The summed E-state index contributed by atoms with van der Waals surface area (Å²) >= 11 is 0. The number of nitrogens with one attached hydrogen (secondary N) is 1. The smallest absolute Gasteiger partial charge is 0.406 e. The normalized spacial score (nSPS) is 11.5. The number of aliphatic carboxylic acids is 1. The van der Waals surface area contributed by atoms with E-state index in [9.17, 15) is 22.8 Å². The zero-order chi connectivity index (χ0) is 16.5. The SMILES string of the molecule is CC(C)N(CC(F)(F)F)C(=O)NCCCCCCC(=O)O. The lowest BCUT2D eigenvalue weighted by atomic mass is 10.1. The van der Waals surface area contributed by atoms with Crippen LogP contribution in [-0.2, 0) is 4.79 Å². The number of halogens is 3. The van der Waals surface area contributed by atoms with Crippen LogP contribution in [0.15, 0.2) is 0 Å². The van der Waals surface area contributed by atoms with Crippen molar-refractivity contribution in [1.82, 2.24) is 10.2 Å². The van der Waals surface area contributed by atoms with Gasteiger partial charge in [0.15, 0.2) is 0 Å². The Morgan fingerprint density at radius 3 is 2.19 bits per heavy atom. The molecule has 0 fully saturated rings. The van der Waals surface area contributed by atoms with E-state index < -0.39 is 30.8 Å². The number of unbranched alkanes of at least 4 members (excludes halogenated alkanes) is 3. The Balaban J connectivity index is 3.91. The monoisotopic (exact) mass is 312 g/mol. The van der Waals surface area contributed by atoms with Crippen LogP contribution < -0.4 is 5.32 Å². The Kier molecular flexibility index (Phi) is 8.80. The van der Waals surface area contributed by atoms with Crippen molar-refractivity contribution in [2.45, 2.75) is 58.2 Å². The maximum atomic E-state index is 12.3. The van der Waals surface area contributed by atoms with E-state index in [1.807, 2.05) is 0 Å². The molecule has 0 aliphatic rings. The molecule has 0 bridgehead atoms. The van der Waals surface area contributed by atoms with E-state index in [4.69, 9.17) is 5.11 Å². The third-order valence-corrected chi connectivity index (χ3v) is 2.83. The maximum Gasteiger partial charge on any atom is 0.406 e. The minimum absolute atomic E-state index is 0.110. The minimum Gasteiger partial charge on any atom is -0.481 e. The number of carboxylic acids is 1. The van der Waals surface area contributed by atoms with Crippen LogP contribution in [0.2, 0.25) is 0 Å². The zero-order valence-corrected chi connectivity index (χ0v) is 12.4. The first-order chi connectivity index (χ1) is 9.63. The molecule has 0 atom stereocenters. The fourth-order valence-electron chi connectivity index (χ4n) is 1.73. The summed E-state index contributed by atoms with van der Waals surface area (Å²) in [5.41, 5.74) is 0. The molecule has 2 N–H and O–H groups in total. The van der Waals surface area contributed by atoms with Gasteiger partial charge in [0.1, 0.15) is 6.54 Å². The fraction of sp³-hybridized carbons (Fsp3) is 0.846. The highest BCUT2D eigenvalue weighted by Gasteiger charge is 2.34. The van der Waals surface area contributed by atoms with Crippen molar-refractivity contribution >= 4 is 12.0 Å². The molecule has 8 heteroatoms. The summed E-state index contributed by atoms with van der Waals surface area (Å²) in [5, 5.41) is 10.9. The molecule has 0 spiro atoms. The van der Waals surface area contributed by atoms with E-state index >= 15 is 0 Å². The summed E-state index contributed by atoms with van der Waals surface area (Å²) in [6.45, 7) is 2.07. The summed E-state index contributed by atoms with van der Waals surface area (Å²) < 4.78 is 37.0. The highest BCUT2D eigenvalue weighted by molar-refractivity contribution is 5.74. The second-order valence-corrected chi connectivity index (χ2v) is 5.13. The number of carbonyl (C=O) groups is 2. The minimum atomic E-state index is -4.42. The van der Waals surface area contributed by atoms with E-state index in [1.54, 1.807) is 0 Å². The topological polar surface area (TPSA) is 69.6 Å². The summed E-state index contributed by atoms with van der Waals surface area (Å²) in [4.78, 5) is 22.7. The highest BCUT2D eigenvalue weighted by atomic mass is 19.4. The molecule has 0 aromatic carbocycles. The van der Waals surface area contributed by atoms with E-state index in [2.05, 4.69) is 5.32 Å². The number of amides is 2. The maximum absolute atomic E-state index is 12.3. The second-order valence-electron chi connectivity index (χ2n) is 5.13. The van der Waals surface area contributed by atoms with Crippen molar-refractivity contribution in [1.29, 1.82) is 0 Å². The average molecular weight is 312 g/mol. The standard InChI is InChI=1S/C13H23F3N2O3/c1-10(2)18(9-13(14,15)16)12(21)17-8-6-4-3-5-7-11(19)20/h10H,3-9H2,1-2H3,(H,17,21)(H,19,20). The number of hydrogen-bond acceptors (Lipinski definition) is 2. The lowest BCUT2D eigenvalue weighted by Gasteiger charge is -2.27. The van der Waals surface area contributed by atoms with E-state index in [0.29, 0.717) is 12.8 Å². The van der Waals surface area contributed by atoms with Crippen molar-refractivity contribution in [3.8, 4) is 0 Å². The molecule has 0 aromatic rings. The molecule has 5 nitrogen and oxygen atoms in total. The summed E-state index contributed by atoms with van der Waals surface area (Å²) in [6.07, 6.45) is -1.68. The van der Waals surface area contributed by atoms with E-state index in [0.717, 1.165) is 17.7 Å². The molecule has 0 heterocycles. The Hall–Kier alpha value is -1.47. The Morgan fingerprint density at radius 1 is 1.14 bits per heavy atom. The largest absolute Gasteiger partial charge is 0.481 e. The predicted octanol–water partition coefficient (Wildman–Crippen LogP) is 3.00. The van der Waals surface area contributed by atoms with Crippen LogP contribution in [-0.4, -0.2) is 47.3 Å². The van der Waals surface area contributed by atoms with Gasteiger partial charge >= 0.3 is 18.2 Å². The van der Waals surface area contributed by atoms with Gasteiger partial charge in [-0.05, 0) is 26.7 Å². The Bertz CT molecular complexity index is 333. The van der Waals surface area contributed by atoms with E-state index in [1.165, 1.54) is 13.8 Å². The number of carbonyl (C=O) groups excluding carboxylic acids is 1. The van der Waals surface area contributed by atoms with Crippen molar-refractivity contribution in [2.24, 2.45) is 0 Å². The third-order valence-electron chi connectivity index (χ3n) is 2.83. The van der Waals surface area contributed by atoms with Crippen LogP contribution in [0.4, 0.5) is 18.0 Å². The van der Waals surface area contributed by atoms with Gasteiger partial charge in [-0.15, -0.1) is 0 Å². The molecule has 0 aliphatic heterocycles. The molecule has 0 aromatic heterocycles. The molecular weight excluding hydrogens is 289 g/mol. The number of rotatable bonds is 9. The average Bonchev–Trinajstić information content (AvgIpc) is 2.32. The van der Waals surface area contributed by atoms with Gasteiger partial charge in [-0.25, -0.2) is 4.79 Å². The Labute approximate surface area is 122 Å². The summed E-state index contributed by atoms with van der Waals surface area (Å²) in [7, 11) is 0. The van der Waals surface area contributed by atoms with Gasteiger partial charge in [-0.1, -0.05) is 12.8 Å². The number of hydrogen-bond donors (Lipinski definition) is 2. The molecular formula is C13H23F3N2O3. The lowest BCUT2D eigenvalue weighted by Crippen LogP contribution is -2.48. The van der Waals surface area contributed by atoms with Crippen LogP contribution >= 0.6 is 0 Å². The molecule has 0 saturated heterocycles. The van der Waals surface area contributed by atoms with Crippen LogP contribution in [0.5, 0.6) is 0 Å². The van der Waals surface area contributed by atoms with Crippen LogP contribution in [0, 0.1) is 0 Å². The first-order valence-electron chi connectivity index (χ1n) is 6.96. The molecule has 0 saturated carbocycles. The van der Waals surface area contributed by atoms with Crippen LogP contribution in [0.3, 0.4) is 0 Å². The second kappa shape index (κ2) is 9.46. The van der Waals surface area contributed by atoms with Crippen molar-refractivity contribution in [3.63, 3.8) is 0 Å². The van der Waals surface area contributed by atoms with E-state index in [-0.39, 0.29) is 13.0 Å². The number of alkyl halides is 3. The third kappa shape index (κ3) is 10.9. The van der Waals surface area contributed by atoms with Crippen LogP contribution in [0.1, 0.15) is 46.0 Å².